The molecule has 2 atom stereocenters. The van der Waals surface area contributed by atoms with E-state index in [-0.39, 0.29) is 18.1 Å². The van der Waals surface area contributed by atoms with Gasteiger partial charge in [-0.15, -0.1) is 0 Å². The third-order valence-corrected chi connectivity index (χ3v) is 4.48. The van der Waals surface area contributed by atoms with E-state index >= 15 is 0 Å². The quantitative estimate of drug-likeness (QED) is 0.760. The van der Waals surface area contributed by atoms with Gasteiger partial charge >= 0.3 is 0 Å². The number of hydrogen-bond acceptors (Lipinski definition) is 4. The lowest BCUT2D eigenvalue weighted by molar-refractivity contribution is -0.134. The first-order valence-corrected chi connectivity index (χ1v) is 8.38. The summed E-state index contributed by atoms with van der Waals surface area (Å²) in [6.07, 6.45) is 4.42. The van der Waals surface area contributed by atoms with Crippen molar-refractivity contribution in [2.45, 2.75) is 45.3 Å². The molecule has 0 aromatic rings. The van der Waals surface area contributed by atoms with Gasteiger partial charge in [0.25, 0.3) is 0 Å². The molecular weight excluding hydrogens is 266 g/mol. The fraction of sp³-hybridized carbons (Fsp3) is 0.938. The van der Waals surface area contributed by atoms with Crippen molar-refractivity contribution in [1.82, 2.24) is 14.7 Å². The van der Waals surface area contributed by atoms with Crippen molar-refractivity contribution in [3.63, 3.8) is 0 Å². The van der Waals surface area contributed by atoms with Gasteiger partial charge in [0.2, 0.25) is 5.91 Å². The van der Waals surface area contributed by atoms with Gasteiger partial charge < -0.3 is 14.5 Å². The number of amides is 1. The smallest absolute Gasteiger partial charge is 0.236 e. The Balaban J connectivity index is 1.69. The van der Waals surface area contributed by atoms with Gasteiger partial charge in [-0.05, 0) is 39.8 Å². The summed E-state index contributed by atoms with van der Waals surface area (Å²) in [7, 11) is 1.93. The molecule has 5 heteroatoms. The van der Waals surface area contributed by atoms with E-state index in [4.69, 9.17) is 4.74 Å². The van der Waals surface area contributed by atoms with Crippen LogP contribution in [0.2, 0.25) is 0 Å². The number of carbonyl (C=O) groups excluding carboxylic acids is 1. The van der Waals surface area contributed by atoms with Crippen LogP contribution in [0.4, 0.5) is 0 Å². The van der Waals surface area contributed by atoms with Crippen molar-refractivity contribution in [2.75, 3.05) is 52.9 Å². The van der Waals surface area contributed by atoms with Crippen LogP contribution in [-0.2, 0) is 9.53 Å². The van der Waals surface area contributed by atoms with Crippen molar-refractivity contribution >= 4 is 5.91 Å². The molecule has 2 fully saturated rings. The van der Waals surface area contributed by atoms with Gasteiger partial charge in [0.15, 0.2) is 0 Å². The van der Waals surface area contributed by atoms with Gasteiger partial charge in [0.05, 0.1) is 18.8 Å². The zero-order chi connectivity index (χ0) is 15.2. The molecule has 0 aromatic carbocycles. The minimum Gasteiger partial charge on any atom is -0.373 e. The largest absolute Gasteiger partial charge is 0.373 e. The van der Waals surface area contributed by atoms with Gasteiger partial charge in [0.1, 0.15) is 0 Å². The summed E-state index contributed by atoms with van der Waals surface area (Å²) >= 11 is 0. The van der Waals surface area contributed by atoms with E-state index < -0.39 is 0 Å². The first-order valence-electron chi connectivity index (χ1n) is 8.38. The Morgan fingerprint density at radius 1 is 1.10 bits per heavy atom. The van der Waals surface area contributed by atoms with Crippen molar-refractivity contribution in [2.24, 2.45) is 0 Å². The maximum absolute atomic E-state index is 12.3. The van der Waals surface area contributed by atoms with Crippen LogP contribution < -0.4 is 0 Å². The van der Waals surface area contributed by atoms with E-state index in [1.54, 1.807) is 0 Å². The predicted octanol–water partition coefficient (Wildman–Crippen LogP) is 1.04. The number of morpholine rings is 1. The zero-order valence-corrected chi connectivity index (χ0v) is 13.9. The highest BCUT2D eigenvalue weighted by atomic mass is 16.5. The molecule has 0 spiro atoms. The number of likely N-dealkylation sites (N-methyl/N-ethyl adjacent to an activating group) is 1. The lowest BCUT2D eigenvalue weighted by Crippen LogP contribution is -2.50. The molecule has 0 saturated carbocycles. The summed E-state index contributed by atoms with van der Waals surface area (Å²) in [6.45, 7) is 10.6. The monoisotopic (exact) mass is 297 g/mol. The average Bonchev–Trinajstić information content (AvgIpc) is 2.44. The van der Waals surface area contributed by atoms with E-state index in [0.717, 1.165) is 26.2 Å². The Kier molecular flexibility index (Phi) is 6.45. The van der Waals surface area contributed by atoms with Gasteiger partial charge in [-0.3, -0.25) is 9.69 Å². The average molecular weight is 297 g/mol. The molecule has 0 unspecified atom stereocenters. The number of nitrogens with zero attached hydrogens (tertiary/aromatic N) is 3. The molecule has 2 saturated heterocycles. The molecule has 0 aliphatic carbocycles. The highest BCUT2D eigenvalue weighted by Gasteiger charge is 2.24. The number of rotatable bonds is 5. The van der Waals surface area contributed by atoms with Crippen LogP contribution in [0.5, 0.6) is 0 Å². The van der Waals surface area contributed by atoms with Gasteiger partial charge in [0, 0.05) is 33.2 Å². The number of hydrogen-bond donors (Lipinski definition) is 0. The molecule has 0 radical (unpaired) electrons. The van der Waals surface area contributed by atoms with Crippen LogP contribution in [-0.4, -0.2) is 85.7 Å². The third-order valence-electron chi connectivity index (χ3n) is 4.48. The van der Waals surface area contributed by atoms with Crippen LogP contribution in [0.3, 0.4) is 0 Å². The summed E-state index contributed by atoms with van der Waals surface area (Å²) in [5, 5.41) is 0. The normalized spacial score (nSPS) is 28.5. The third kappa shape index (κ3) is 5.57. The minimum atomic E-state index is 0.222. The molecule has 2 aliphatic heterocycles. The summed E-state index contributed by atoms with van der Waals surface area (Å²) in [5.74, 6) is 0.230. The SMILES string of the molecule is C[C@@H]1CN(CC(=O)N(C)CCN2CCCCC2)C[C@H](C)O1. The summed E-state index contributed by atoms with van der Waals surface area (Å²) in [6, 6.07) is 0. The Morgan fingerprint density at radius 3 is 2.33 bits per heavy atom. The van der Waals surface area contributed by atoms with Crippen molar-refractivity contribution in [3.05, 3.63) is 0 Å². The maximum atomic E-state index is 12.3. The number of carbonyl (C=O) groups is 1. The van der Waals surface area contributed by atoms with E-state index in [2.05, 4.69) is 23.6 Å². The first-order chi connectivity index (χ1) is 10.0. The summed E-state index contributed by atoms with van der Waals surface area (Å²) in [5.41, 5.74) is 0. The molecule has 0 N–H and O–H groups in total. The van der Waals surface area contributed by atoms with Crippen molar-refractivity contribution in [1.29, 1.82) is 0 Å². The highest BCUT2D eigenvalue weighted by molar-refractivity contribution is 5.78. The number of piperidine rings is 1. The fourth-order valence-electron chi connectivity index (χ4n) is 3.32. The summed E-state index contributed by atoms with van der Waals surface area (Å²) in [4.78, 5) is 18.9. The topological polar surface area (TPSA) is 36.0 Å². The standard InChI is InChI=1S/C16H31N3O2/c1-14-11-19(12-15(2)21-14)13-16(20)17(3)9-10-18-7-5-4-6-8-18/h14-15H,4-13H2,1-3H3/t14-,15+. The van der Waals surface area contributed by atoms with Crippen LogP contribution in [0.25, 0.3) is 0 Å². The number of likely N-dealkylation sites (tertiary alicyclic amines) is 1. The van der Waals surface area contributed by atoms with Crippen molar-refractivity contribution < 1.29 is 9.53 Å². The van der Waals surface area contributed by atoms with Crippen LogP contribution in [0.15, 0.2) is 0 Å². The Morgan fingerprint density at radius 2 is 1.71 bits per heavy atom. The molecule has 0 aromatic heterocycles. The minimum absolute atomic E-state index is 0.222. The molecule has 122 valence electrons. The molecule has 2 aliphatic rings. The number of ether oxygens (including phenoxy) is 1. The molecule has 1 amide bonds. The molecule has 2 rings (SSSR count). The second-order valence-corrected chi connectivity index (χ2v) is 6.67. The lowest BCUT2D eigenvalue weighted by Gasteiger charge is -2.35. The van der Waals surface area contributed by atoms with E-state index in [1.807, 2.05) is 11.9 Å². The Labute approximate surface area is 129 Å². The van der Waals surface area contributed by atoms with Crippen molar-refractivity contribution in [3.8, 4) is 0 Å². The first kappa shape index (κ1) is 16.7. The van der Waals surface area contributed by atoms with E-state index in [9.17, 15) is 4.79 Å². The highest BCUT2D eigenvalue weighted by Crippen LogP contribution is 2.11. The fourth-order valence-corrected chi connectivity index (χ4v) is 3.32. The maximum Gasteiger partial charge on any atom is 0.236 e. The molecular formula is C16H31N3O2. The van der Waals surface area contributed by atoms with Gasteiger partial charge in [-0.1, -0.05) is 6.42 Å². The van der Waals surface area contributed by atoms with Crippen LogP contribution in [0, 0.1) is 0 Å². The van der Waals surface area contributed by atoms with Gasteiger partial charge in [-0.25, -0.2) is 0 Å². The van der Waals surface area contributed by atoms with Gasteiger partial charge in [-0.2, -0.15) is 0 Å². The molecule has 5 nitrogen and oxygen atoms in total. The zero-order valence-electron chi connectivity index (χ0n) is 13.9. The Bertz CT molecular complexity index is 321. The van der Waals surface area contributed by atoms with Crippen LogP contribution in [0.1, 0.15) is 33.1 Å². The summed E-state index contributed by atoms with van der Waals surface area (Å²) < 4.78 is 5.71. The molecule has 21 heavy (non-hydrogen) atoms. The van der Waals surface area contributed by atoms with E-state index in [1.165, 1.54) is 32.4 Å². The predicted molar refractivity (Wildman–Crippen MR) is 84.4 cm³/mol. The van der Waals surface area contributed by atoms with Crippen LogP contribution >= 0.6 is 0 Å². The second-order valence-electron chi connectivity index (χ2n) is 6.67. The lowest BCUT2D eigenvalue weighted by atomic mass is 10.1. The molecule has 0 bridgehead atoms. The Hall–Kier alpha value is -0.650. The van der Waals surface area contributed by atoms with E-state index in [0.29, 0.717) is 6.54 Å². The molecule has 2 heterocycles. The second kappa shape index (κ2) is 8.11.